The summed E-state index contributed by atoms with van der Waals surface area (Å²) in [5.41, 5.74) is -0.191. The third-order valence-electron chi connectivity index (χ3n) is 4.15. The van der Waals surface area contributed by atoms with Crippen LogP contribution in [-0.4, -0.2) is 19.1 Å². The minimum absolute atomic E-state index is 0.205. The van der Waals surface area contributed by atoms with Gasteiger partial charge in [-0.2, -0.15) is 5.26 Å². The largest absolute Gasteiger partial charge is 0.493 e. The van der Waals surface area contributed by atoms with Gasteiger partial charge >= 0.3 is 0 Å². The van der Waals surface area contributed by atoms with Crippen molar-refractivity contribution in [3.05, 3.63) is 23.8 Å². The van der Waals surface area contributed by atoms with E-state index in [0.29, 0.717) is 18.0 Å². The second-order valence-electron chi connectivity index (χ2n) is 6.39. The Kier molecular flexibility index (Phi) is 5.49. The number of ether oxygens (including phenoxy) is 2. The van der Waals surface area contributed by atoms with Crippen LogP contribution in [-0.2, 0) is 11.3 Å². The minimum atomic E-state index is -1.05. The van der Waals surface area contributed by atoms with E-state index >= 15 is 0 Å². The number of amides is 1. The van der Waals surface area contributed by atoms with Gasteiger partial charge in [-0.05, 0) is 45.6 Å². The van der Waals surface area contributed by atoms with Gasteiger partial charge in [0.05, 0.1) is 19.3 Å². The molecule has 2 rings (SSSR count). The lowest BCUT2D eigenvalue weighted by Gasteiger charge is -2.20. The van der Waals surface area contributed by atoms with E-state index in [-0.39, 0.29) is 12.0 Å². The summed E-state index contributed by atoms with van der Waals surface area (Å²) in [5, 5.41) is 11.8. The van der Waals surface area contributed by atoms with Crippen LogP contribution < -0.4 is 14.8 Å². The summed E-state index contributed by atoms with van der Waals surface area (Å²) in [6.45, 7) is 3.51. The topological polar surface area (TPSA) is 71.3 Å². The van der Waals surface area contributed by atoms with Crippen molar-refractivity contribution in [3.8, 4) is 17.6 Å². The first-order chi connectivity index (χ1) is 11.0. The van der Waals surface area contributed by atoms with Gasteiger partial charge in [-0.3, -0.25) is 4.79 Å². The van der Waals surface area contributed by atoms with Crippen LogP contribution in [0.5, 0.6) is 11.5 Å². The van der Waals surface area contributed by atoms with Gasteiger partial charge in [0.25, 0.3) is 0 Å². The van der Waals surface area contributed by atoms with Crippen LogP contribution in [0.4, 0.5) is 0 Å². The molecule has 0 saturated heterocycles. The number of carbonyl (C=O) groups excluding carboxylic acids is 1. The second-order valence-corrected chi connectivity index (χ2v) is 6.39. The maximum absolute atomic E-state index is 12.1. The van der Waals surface area contributed by atoms with Gasteiger partial charge < -0.3 is 14.8 Å². The van der Waals surface area contributed by atoms with Crippen LogP contribution in [0.2, 0.25) is 0 Å². The Hall–Kier alpha value is -2.22. The van der Waals surface area contributed by atoms with Gasteiger partial charge in [-0.1, -0.05) is 12.1 Å². The number of hydrogen-bond acceptors (Lipinski definition) is 4. The molecule has 0 atom stereocenters. The molecule has 1 amide bonds. The highest BCUT2D eigenvalue weighted by Gasteiger charge is 2.27. The number of nitrogens with zero attached hydrogens (tertiary/aromatic N) is 1. The fraction of sp³-hybridized carbons (Fsp3) is 0.556. The van der Waals surface area contributed by atoms with Crippen LogP contribution in [0.3, 0.4) is 0 Å². The summed E-state index contributed by atoms with van der Waals surface area (Å²) in [7, 11) is 1.61. The Morgan fingerprint density at radius 2 is 2.09 bits per heavy atom. The highest BCUT2D eigenvalue weighted by Crippen LogP contribution is 2.34. The number of para-hydroxylation sites is 1. The Morgan fingerprint density at radius 1 is 1.39 bits per heavy atom. The molecule has 124 valence electrons. The van der Waals surface area contributed by atoms with Gasteiger partial charge in [0.1, 0.15) is 5.41 Å². The summed E-state index contributed by atoms with van der Waals surface area (Å²) in [4.78, 5) is 12.1. The van der Waals surface area contributed by atoms with E-state index in [2.05, 4.69) is 5.32 Å². The Balaban J connectivity index is 2.14. The van der Waals surface area contributed by atoms with Crippen molar-refractivity contribution in [3.63, 3.8) is 0 Å². The average molecular weight is 316 g/mol. The molecule has 0 heterocycles. The van der Waals surface area contributed by atoms with Gasteiger partial charge in [0.15, 0.2) is 11.5 Å². The number of nitrogens with one attached hydrogen (secondary N) is 1. The standard InChI is InChI=1S/C18H24N2O3/c1-18(2,12-19)17(21)20-11-13-7-6-10-15(22-3)16(13)23-14-8-4-5-9-14/h6-7,10,14H,4-5,8-9,11H2,1-3H3,(H,20,21). The lowest BCUT2D eigenvalue weighted by atomic mass is 9.94. The minimum Gasteiger partial charge on any atom is -0.493 e. The molecule has 1 aromatic carbocycles. The molecular formula is C18H24N2O3. The molecule has 1 N–H and O–H groups in total. The molecule has 5 heteroatoms. The smallest absolute Gasteiger partial charge is 0.240 e. The maximum atomic E-state index is 12.1. The van der Waals surface area contributed by atoms with E-state index in [1.165, 1.54) is 12.8 Å². The van der Waals surface area contributed by atoms with Gasteiger partial charge in [0, 0.05) is 12.1 Å². The van der Waals surface area contributed by atoms with Gasteiger partial charge in [0.2, 0.25) is 5.91 Å². The lowest BCUT2D eigenvalue weighted by Crippen LogP contribution is -2.35. The molecule has 0 aromatic heterocycles. The maximum Gasteiger partial charge on any atom is 0.240 e. The molecule has 0 unspecified atom stereocenters. The van der Waals surface area contributed by atoms with E-state index in [1.807, 2.05) is 24.3 Å². The highest BCUT2D eigenvalue weighted by molar-refractivity contribution is 5.84. The Bertz CT molecular complexity index is 599. The number of benzene rings is 1. The van der Waals surface area contributed by atoms with Crippen LogP contribution in [0.15, 0.2) is 18.2 Å². The molecule has 1 fully saturated rings. The monoisotopic (exact) mass is 316 g/mol. The first-order valence-corrected chi connectivity index (χ1v) is 8.00. The van der Waals surface area contributed by atoms with E-state index in [1.54, 1.807) is 21.0 Å². The lowest BCUT2D eigenvalue weighted by molar-refractivity contribution is -0.126. The number of hydrogen-bond donors (Lipinski definition) is 1. The number of nitriles is 1. The van der Waals surface area contributed by atoms with Crippen LogP contribution in [0, 0.1) is 16.7 Å². The molecule has 23 heavy (non-hydrogen) atoms. The Morgan fingerprint density at radius 3 is 2.70 bits per heavy atom. The fourth-order valence-corrected chi connectivity index (χ4v) is 2.62. The zero-order chi connectivity index (χ0) is 16.9. The third-order valence-corrected chi connectivity index (χ3v) is 4.15. The number of carbonyl (C=O) groups is 1. The molecule has 0 aliphatic heterocycles. The fourth-order valence-electron chi connectivity index (χ4n) is 2.62. The highest BCUT2D eigenvalue weighted by atomic mass is 16.5. The molecule has 5 nitrogen and oxygen atoms in total. The third kappa shape index (κ3) is 4.16. The number of rotatable bonds is 6. The average Bonchev–Trinajstić information content (AvgIpc) is 3.06. The molecule has 0 bridgehead atoms. The summed E-state index contributed by atoms with van der Waals surface area (Å²) >= 11 is 0. The van der Waals surface area contributed by atoms with E-state index in [9.17, 15) is 4.79 Å². The summed E-state index contributed by atoms with van der Waals surface area (Å²) in [6, 6.07) is 7.64. The van der Waals surface area contributed by atoms with E-state index < -0.39 is 5.41 Å². The summed E-state index contributed by atoms with van der Waals surface area (Å²) < 4.78 is 11.5. The van der Waals surface area contributed by atoms with E-state index in [4.69, 9.17) is 14.7 Å². The van der Waals surface area contributed by atoms with Crippen LogP contribution >= 0.6 is 0 Å². The first-order valence-electron chi connectivity index (χ1n) is 8.00. The zero-order valence-corrected chi connectivity index (χ0v) is 14.0. The molecule has 1 aliphatic carbocycles. The predicted molar refractivity (Wildman–Crippen MR) is 87.1 cm³/mol. The number of methoxy groups -OCH3 is 1. The van der Waals surface area contributed by atoms with Crippen molar-refractivity contribution in [2.24, 2.45) is 5.41 Å². The summed E-state index contributed by atoms with van der Waals surface area (Å²) in [6.07, 6.45) is 4.66. The SMILES string of the molecule is COc1cccc(CNC(=O)C(C)(C)C#N)c1OC1CCCC1. The van der Waals surface area contributed by atoms with Crippen molar-refractivity contribution in [2.75, 3.05) is 7.11 Å². The molecule has 1 aromatic rings. The van der Waals surface area contributed by atoms with Crippen LogP contribution in [0.25, 0.3) is 0 Å². The van der Waals surface area contributed by atoms with Crippen molar-refractivity contribution in [1.82, 2.24) is 5.32 Å². The first kappa shape index (κ1) is 17.1. The van der Waals surface area contributed by atoms with E-state index in [0.717, 1.165) is 18.4 Å². The van der Waals surface area contributed by atoms with Gasteiger partial charge in [-0.25, -0.2) is 0 Å². The molecule has 1 aliphatic rings. The van der Waals surface area contributed by atoms with Gasteiger partial charge in [-0.15, -0.1) is 0 Å². The van der Waals surface area contributed by atoms with Crippen molar-refractivity contribution >= 4 is 5.91 Å². The van der Waals surface area contributed by atoms with Crippen molar-refractivity contribution in [2.45, 2.75) is 52.2 Å². The van der Waals surface area contributed by atoms with Crippen LogP contribution in [0.1, 0.15) is 45.1 Å². The summed E-state index contributed by atoms with van der Waals surface area (Å²) in [5.74, 6) is 1.06. The molecular weight excluding hydrogens is 292 g/mol. The quantitative estimate of drug-likeness (QED) is 0.875. The zero-order valence-electron chi connectivity index (χ0n) is 14.0. The van der Waals surface area contributed by atoms with Crippen molar-refractivity contribution < 1.29 is 14.3 Å². The van der Waals surface area contributed by atoms with Crippen molar-refractivity contribution in [1.29, 1.82) is 5.26 Å². The Labute approximate surface area is 137 Å². The molecule has 0 radical (unpaired) electrons. The second kappa shape index (κ2) is 7.36. The molecule has 1 saturated carbocycles. The predicted octanol–water partition coefficient (Wildman–Crippen LogP) is 3.18. The molecule has 0 spiro atoms. The normalized spacial score (nSPS) is 15.0.